The Morgan fingerprint density at radius 3 is 2.36 bits per heavy atom. The fourth-order valence-electron chi connectivity index (χ4n) is 4.33. The first-order valence-corrected chi connectivity index (χ1v) is 14.5. The summed E-state index contributed by atoms with van der Waals surface area (Å²) in [5.74, 6) is 1.29. The number of amides is 1. The van der Waals surface area contributed by atoms with Crippen LogP contribution in [-0.4, -0.2) is 72.6 Å². The minimum atomic E-state index is -0.500. The van der Waals surface area contributed by atoms with E-state index in [1.807, 2.05) is 35.8 Å². The van der Waals surface area contributed by atoms with Crippen LogP contribution in [0.3, 0.4) is 0 Å². The van der Waals surface area contributed by atoms with Crippen molar-refractivity contribution in [2.24, 2.45) is 4.99 Å². The zero-order chi connectivity index (χ0) is 27.8. The maximum absolute atomic E-state index is 13.0. The average Bonchev–Trinajstić information content (AvgIpc) is 3.39. The summed E-state index contributed by atoms with van der Waals surface area (Å²) in [6, 6.07) is 7.15. The first kappa shape index (κ1) is 29.4. The number of carbonyl (C=O) groups is 1. The van der Waals surface area contributed by atoms with Crippen molar-refractivity contribution in [2.45, 2.75) is 46.6 Å². The highest BCUT2D eigenvalue weighted by Crippen LogP contribution is 2.39. The molecule has 0 spiro atoms. The molecule has 1 aliphatic rings. The summed E-state index contributed by atoms with van der Waals surface area (Å²) in [7, 11) is 0. The number of thiophene rings is 1. The molecular weight excluding hydrogens is 538 g/mol. The van der Waals surface area contributed by atoms with Gasteiger partial charge < -0.3 is 19.5 Å². The van der Waals surface area contributed by atoms with Crippen LogP contribution in [0, 0.1) is 20.8 Å². The van der Waals surface area contributed by atoms with Crippen molar-refractivity contribution in [1.82, 2.24) is 20.1 Å². The number of carbonyl (C=O) groups excluding carboxylic acids is 1. The van der Waals surface area contributed by atoms with Crippen LogP contribution in [0.25, 0.3) is 5.00 Å². The summed E-state index contributed by atoms with van der Waals surface area (Å²) < 4.78 is 18.5. The van der Waals surface area contributed by atoms with E-state index in [0.717, 1.165) is 46.3 Å². The van der Waals surface area contributed by atoms with Crippen molar-refractivity contribution in [2.75, 3.05) is 46.2 Å². The molecule has 1 N–H and O–H groups in total. The number of benzene rings is 1. The van der Waals surface area contributed by atoms with Gasteiger partial charge >= 0.3 is 0 Å². The van der Waals surface area contributed by atoms with E-state index < -0.39 is 6.04 Å². The Morgan fingerprint density at radius 1 is 1.00 bits per heavy atom. The standard InChI is InChI=1S/C28H36ClN5O4S/c1-5-11-36-13-15-38-16-14-37-12-10-30-24(35)17-23-27-33-32-20(4)34(27)28-25(18(2)19(3)39-28)26(31-23)21-6-8-22(29)9-7-21/h6-9,23H,5,10-17H2,1-4H3,(H,30,35)/t23-/m0/s1. The predicted molar refractivity (Wildman–Crippen MR) is 154 cm³/mol. The van der Waals surface area contributed by atoms with Gasteiger partial charge in [-0.3, -0.25) is 14.4 Å². The van der Waals surface area contributed by atoms with Gasteiger partial charge in [0.2, 0.25) is 5.91 Å². The Kier molecular flexibility index (Phi) is 10.6. The minimum Gasteiger partial charge on any atom is -0.379 e. The molecule has 39 heavy (non-hydrogen) atoms. The normalized spacial score (nSPS) is 14.5. The summed E-state index contributed by atoms with van der Waals surface area (Å²) in [4.78, 5) is 19.3. The molecule has 4 rings (SSSR count). The Morgan fingerprint density at radius 2 is 1.67 bits per heavy atom. The molecule has 210 valence electrons. The topological polar surface area (TPSA) is 99.9 Å². The highest BCUT2D eigenvalue weighted by Gasteiger charge is 2.32. The van der Waals surface area contributed by atoms with Gasteiger partial charge in [0.1, 0.15) is 16.9 Å². The van der Waals surface area contributed by atoms with E-state index in [0.29, 0.717) is 50.4 Å². The summed E-state index contributed by atoms with van der Waals surface area (Å²) >= 11 is 7.86. The molecule has 3 heterocycles. The number of halogens is 1. The Labute approximate surface area is 238 Å². The first-order valence-electron chi connectivity index (χ1n) is 13.3. The highest BCUT2D eigenvalue weighted by molar-refractivity contribution is 7.15. The van der Waals surface area contributed by atoms with Crippen molar-refractivity contribution >= 4 is 34.6 Å². The largest absolute Gasteiger partial charge is 0.379 e. The lowest BCUT2D eigenvalue weighted by atomic mass is 9.99. The molecule has 0 unspecified atom stereocenters. The van der Waals surface area contributed by atoms with E-state index in [1.165, 1.54) is 4.88 Å². The summed E-state index contributed by atoms with van der Waals surface area (Å²) in [6.45, 7) is 11.9. The van der Waals surface area contributed by atoms with E-state index in [1.54, 1.807) is 11.3 Å². The second kappa shape index (κ2) is 14.1. The molecule has 11 heteroatoms. The van der Waals surface area contributed by atoms with Gasteiger partial charge in [0.25, 0.3) is 0 Å². The van der Waals surface area contributed by atoms with Crippen molar-refractivity contribution < 1.29 is 19.0 Å². The van der Waals surface area contributed by atoms with Crippen molar-refractivity contribution in [1.29, 1.82) is 0 Å². The molecule has 2 aromatic heterocycles. The number of aliphatic imine (C=N–C) groups is 1. The van der Waals surface area contributed by atoms with Gasteiger partial charge in [0.15, 0.2) is 5.82 Å². The van der Waals surface area contributed by atoms with E-state index in [-0.39, 0.29) is 12.3 Å². The number of nitrogens with one attached hydrogen (secondary N) is 1. The van der Waals surface area contributed by atoms with Gasteiger partial charge in [-0.2, -0.15) is 0 Å². The fraction of sp³-hybridized carbons (Fsp3) is 0.500. The van der Waals surface area contributed by atoms with E-state index in [2.05, 4.69) is 36.3 Å². The number of fused-ring (bicyclic) bond motifs is 3. The zero-order valence-corrected chi connectivity index (χ0v) is 24.5. The molecule has 9 nitrogen and oxygen atoms in total. The number of aryl methyl sites for hydroxylation is 2. The third-order valence-electron chi connectivity index (χ3n) is 6.40. The number of ether oxygens (including phenoxy) is 3. The maximum atomic E-state index is 13.0. The second-order valence-corrected chi connectivity index (χ2v) is 10.9. The third-order valence-corrected chi connectivity index (χ3v) is 7.84. The number of nitrogens with zero attached hydrogens (tertiary/aromatic N) is 4. The van der Waals surface area contributed by atoms with Crippen LogP contribution < -0.4 is 5.32 Å². The molecule has 1 atom stereocenters. The Hall–Kier alpha value is -2.63. The molecule has 0 radical (unpaired) electrons. The fourth-order valence-corrected chi connectivity index (χ4v) is 5.67. The van der Waals surface area contributed by atoms with Crippen LogP contribution in [0.1, 0.15) is 59.0 Å². The zero-order valence-electron chi connectivity index (χ0n) is 23.0. The van der Waals surface area contributed by atoms with Crippen LogP contribution in [-0.2, 0) is 19.0 Å². The van der Waals surface area contributed by atoms with Crippen LogP contribution in [0.4, 0.5) is 0 Å². The monoisotopic (exact) mass is 573 g/mol. The van der Waals surface area contributed by atoms with Crippen molar-refractivity contribution in [3.63, 3.8) is 0 Å². The molecule has 1 amide bonds. The van der Waals surface area contributed by atoms with Crippen molar-refractivity contribution in [3.05, 3.63) is 62.5 Å². The van der Waals surface area contributed by atoms with E-state index in [9.17, 15) is 4.79 Å². The first-order chi connectivity index (χ1) is 18.9. The highest BCUT2D eigenvalue weighted by atomic mass is 35.5. The summed E-state index contributed by atoms with van der Waals surface area (Å²) in [6.07, 6.45) is 1.14. The smallest absolute Gasteiger partial charge is 0.222 e. The minimum absolute atomic E-state index is 0.127. The molecular formula is C28H36ClN5O4S. The second-order valence-electron chi connectivity index (χ2n) is 9.30. The number of rotatable bonds is 14. The van der Waals surface area contributed by atoms with Gasteiger partial charge in [-0.1, -0.05) is 30.7 Å². The summed E-state index contributed by atoms with van der Waals surface area (Å²) in [5, 5.41) is 13.4. The molecule has 0 saturated heterocycles. The van der Waals surface area contributed by atoms with Crippen molar-refractivity contribution in [3.8, 4) is 5.00 Å². The van der Waals surface area contributed by atoms with Gasteiger partial charge in [-0.25, -0.2) is 0 Å². The Balaban J connectivity index is 1.42. The maximum Gasteiger partial charge on any atom is 0.222 e. The Bertz CT molecular complexity index is 1290. The summed E-state index contributed by atoms with van der Waals surface area (Å²) in [5.41, 5.74) is 3.97. The number of aromatic nitrogens is 3. The molecule has 1 aliphatic heterocycles. The molecule has 0 fully saturated rings. The lowest BCUT2D eigenvalue weighted by Gasteiger charge is -2.13. The molecule has 0 saturated carbocycles. The number of hydrogen-bond donors (Lipinski definition) is 1. The van der Waals surface area contributed by atoms with Crippen LogP contribution in [0.5, 0.6) is 0 Å². The van der Waals surface area contributed by atoms with Gasteiger partial charge in [0, 0.05) is 34.2 Å². The lowest BCUT2D eigenvalue weighted by molar-refractivity contribution is -0.121. The van der Waals surface area contributed by atoms with Crippen LogP contribution in [0.2, 0.25) is 5.02 Å². The predicted octanol–water partition coefficient (Wildman–Crippen LogP) is 4.77. The van der Waals surface area contributed by atoms with Crippen LogP contribution in [0.15, 0.2) is 29.3 Å². The molecule has 0 aliphatic carbocycles. The van der Waals surface area contributed by atoms with E-state index >= 15 is 0 Å². The lowest BCUT2D eigenvalue weighted by Crippen LogP contribution is -2.29. The molecule has 0 bridgehead atoms. The average molecular weight is 574 g/mol. The third kappa shape index (κ3) is 7.32. The van der Waals surface area contributed by atoms with E-state index in [4.69, 9.17) is 30.8 Å². The van der Waals surface area contributed by atoms with Gasteiger partial charge in [-0.15, -0.1) is 21.5 Å². The van der Waals surface area contributed by atoms with Gasteiger partial charge in [-0.05, 0) is 44.9 Å². The van der Waals surface area contributed by atoms with Gasteiger partial charge in [0.05, 0.1) is 45.2 Å². The quantitative estimate of drug-likeness (QED) is 0.279. The molecule has 3 aromatic rings. The molecule has 1 aromatic carbocycles. The SMILES string of the molecule is CCCOCCOCCOCCNC(=O)C[C@@H]1N=C(c2ccc(Cl)cc2)c2c(sc(C)c2C)-n2c(C)nnc21. The number of hydrogen-bond acceptors (Lipinski definition) is 8. The van der Waals surface area contributed by atoms with Crippen LogP contribution >= 0.6 is 22.9 Å².